The molecule has 2 rings (SSSR count). The molecule has 0 aliphatic rings. The first-order valence-corrected chi connectivity index (χ1v) is 6.84. The molecule has 0 aromatic heterocycles. The maximum absolute atomic E-state index is 12.1. The summed E-state index contributed by atoms with van der Waals surface area (Å²) in [5, 5.41) is 2.87. The highest BCUT2D eigenvalue weighted by molar-refractivity contribution is 9.10. The van der Waals surface area contributed by atoms with Crippen LogP contribution in [0.15, 0.2) is 46.9 Å². The maximum atomic E-state index is 12.1. The average molecular weight is 319 g/mol. The van der Waals surface area contributed by atoms with Crippen molar-refractivity contribution in [2.75, 3.05) is 11.1 Å². The number of aryl methyl sites for hydroxylation is 1. The Kier molecular flexibility index (Phi) is 4.22. The van der Waals surface area contributed by atoms with Crippen LogP contribution in [0.5, 0.6) is 0 Å². The summed E-state index contributed by atoms with van der Waals surface area (Å²) in [5.74, 6) is -0.160. The van der Waals surface area contributed by atoms with Crippen molar-refractivity contribution in [2.24, 2.45) is 0 Å². The minimum atomic E-state index is -0.160. The molecular weight excluding hydrogens is 304 g/mol. The van der Waals surface area contributed by atoms with E-state index in [0.29, 0.717) is 11.3 Å². The van der Waals surface area contributed by atoms with Gasteiger partial charge in [0.25, 0.3) is 5.91 Å². The molecule has 98 valence electrons. The average Bonchev–Trinajstić information content (AvgIpc) is 2.42. The fraction of sp³-hybridized carbons (Fsp3) is 0.133. The lowest BCUT2D eigenvalue weighted by molar-refractivity contribution is 0.102. The van der Waals surface area contributed by atoms with Gasteiger partial charge in [0.05, 0.1) is 0 Å². The zero-order valence-corrected chi connectivity index (χ0v) is 12.2. The summed E-state index contributed by atoms with van der Waals surface area (Å²) >= 11 is 3.31. The largest absolute Gasteiger partial charge is 0.398 e. The zero-order valence-electron chi connectivity index (χ0n) is 10.6. The topological polar surface area (TPSA) is 55.1 Å². The number of anilines is 2. The molecule has 0 bridgehead atoms. The quantitative estimate of drug-likeness (QED) is 0.845. The Bertz CT molecular complexity index is 611. The van der Waals surface area contributed by atoms with Crippen molar-refractivity contribution in [3.05, 3.63) is 58.1 Å². The summed E-state index contributed by atoms with van der Waals surface area (Å²) < 4.78 is 0.789. The van der Waals surface area contributed by atoms with Crippen LogP contribution in [0.1, 0.15) is 22.8 Å². The molecule has 0 radical (unpaired) electrons. The number of hydrogen-bond donors (Lipinski definition) is 2. The molecule has 3 nitrogen and oxygen atoms in total. The van der Waals surface area contributed by atoms with Gasteiger partial charge in [-0.15, -0.1) is 0 Å². The molecule has 0 saturated heterocycles. The van der Waals surface area contributed by atoms with Crippen LogP contribution in [-0.4, -0.2) is 5.91 Å². The number of halogens is 1. The summed E-state index contributed by atoms with van der Waals surface area (Å²) in [7, 11) is 0. The van der Waals surface area contributed by atoms with Crippen molar-refractivity contribution in [3.63, 3.8) is 0 Å². The lowest BCUT2D eigenvalue weighted by Gasteiger charge is -2.08. The van der Waals surface area contributed by atoms with Crippen molar-refractivity contribution in [3.8, 4) is 0 Å². The number of rotatable bonds is 3. The molecule has 19 heavy (non-hydrogen) atoms. The highest BCUT2D eigenvalue weighted by atomic mass is 79.9. The molecule has 0 aliphatic heterocycles. The van der Waals surface area contributed by atoms with Gasteiger partial charge >= 0.3 is 0 Å². The number of nitrogens with one attached hydrogen (secondary N) is 1. The van der Waals surface area contributed by atoms with Gasteiger partial charge in [0, 0.05) is 21.4 Å². The van der Waals surface area contributed by atoms with Crippen LogP contribution in [0.25, 0.3) is 0 Å². The van der Waals surface area contributed by atoms with Crippen LogP contribution >= 0.6 is 15.9 Å². The monoisotopic (exact) mass is 318 g/mol. The predicted octanol–water partition coefficient (Wildman–Crippen LogP) is 3.85. The second-order valence-electron chi connectivity index (χ2n) is 4.24. The van der Waals surface area contributed by atoms with E-state index in [2.05, 4.69) is 28.2 Å². The van der Waals surface area contributed by atoms with Gasteiger partial charge in [0.15, 0.2) is 0 Å². The lowest BCUT2D eigenvalue weighted by atomic mass is 10.1. The van der Waals surface area contributed by atoms with Crippen molar-refractivity contribution >= 4 is 33.2 Å². The first kappa shape index (κ1) is 13.6. The highest BCUT2D eigenvalue weighted by Crippen LogP contribution is 2.21. The van der Waals surface area contributed by atoms with Gasteiger partial charge in [-0.3, -0.25) is 4.79 Å². The van der Waals surface area contributed by atoms with E-state index in [0.717, 1.165) is 16.6 Å². The summed E-state index contributed by atoms with van der Waals surface area (Å²) in [6, 6.07) is 13.0. The first-order valence-electron chi connectivity index (χ1n) is 6.05. The van der Waals surface area contributed by atoms with Gasteiger partial charge in [0.1, 0.15) is 0 Å². The summed E-state index contributed by atoms with van der Waals surface area (Å²) in [6.45, 7) is 2.08. The maximum Gasteiger partial charge on any atom is 0.255 e. The Balaban J connectivity index is 2.18. The third-order valence-corrected chi connectivity index (χ3v) is 3.57. The van der Waals surface area contributed by atoms with E-state index >= 15 is 0 Å². The molecule has 0 atom stereocenters. The SMILES string of the molecule is CCc1cccc(NC(=O)c2ccc(Br)c(N)c2)c1. The smallest absolute Gasteiger partial charge is 0.255 e. The van der Waals surface area contributed by atoms with Gasteiger partial charge in [0.2, 0.25) is 0 Å². The summed E-state index contributed by atoms with van der Waals surface area (Å²) in [6.07, 6.45) is 0.939. The summed E-state index contributed by atoms with van der Waals surface area (Å²) in [5.41, 5.74) is 8.85. The number of carbonyl (C=O) groups is 1. The molecule has 0 spiro atoms. The molecule has 0 heterocycles. The molecule has 0 saturated carbocycles. The van der Waals surface area contributed by atoms with E-state index in [9.17, 15) is 4.79 Å². The minimum Gasteiger partial charge on any atom is -0.398 e. The fourth-order valence-corrected chi connectivity index (χ4v) is 2.00. The van der Waals surface area contributed by atoms with Gasteiger partial charge in [-0.1, -0.05) is 19.1 Å². The van der Waals surface area contributed by atoms with E-state index in [4.69, 9.17) is 5.73 Å². The standard InChI is InChI=1S/C15H15BrN2O/c1-2-10-4-3-5-12(8-10)18-15(19)11-6-7-13(16)14(17)9-11/h3-9H,2,17H2,1H3,(H,18,19). The van der Waals surface area contributed by atoms with E-state index in [1.165, 1.54) is 5.56 Å². The molecule has 0 aliphatic carbocycles. The number of nitrogen functional groups attached to an aromatic ring is 1. The van der Waals surface area contributed by atoms with E-state index in [1.54, 1.807) is 18.2 Å². The Morgan fingerprint density at radius 1 is 1.26 bits per heavy atom. The van der Waals surface area contributed by atoms with Crippen LogP contribution in [0, 0.1) is 0 Å². The zero-order chi connectivity index (χ0) is 13.8. The van der Waals surface area contributed by atoms with Gasteiger partial charge < -0.3 is 11.1 Å². The lowest BCUT2D eigenvalue weighted by Crippen LogP contribution is -2.12. The van der Waals surface area contributed by atoms with E-state index in [1.807, 2.05) is 24.3 Å². The molecule has 0 fully saturated rings. The van der Waals surface area contributed by atoms with Crippen molar-refractivity contribution in [1.29, 1.82) is 0 Å². The van der Waals surface area contributed by atoms with Crippen LogP contribution in [0.2, 0.25) is 0 Å². The van der Waals surface area contributed by atoms with Crippen LogP contribution in [0.3, 0.4) is 0 Å². The van der Waals surface area contributed by atoms with Crippen LogP contribution in [-0.2, 0) is 6.42 Å². The highest BCUT2D eigenvalue weighted by Gasteiger charge is 2.08. The van der Waals surface area contributed by atoms with Gasteiger partial charge in [-0.25, -0.2) is 0 Å². The van der Waals surface area contributed by atoms with Crippen molar-refractivity contribution in [1.82, 2.24) is 0 Å². The number of nitrogens with two attached hydrogens (primary N) is 1. The summed E-state index contributed by atoms with van der Waals surface area (Å²) in [4.78, 5) is 12.1. The molecular formula is C15H15BrN2O. The second-order valence-corrected chi connectivity index (χ2v) is 5.10. The number of benzene rings is 2. The third-order valence-electron chi connectivity index (χ3n) is 2.85. The normalized spacial score (nSPS) is 10.2. The Morgan fingerprint density at radius 3 is 2.74 bits per heavy atom. The molecule has 4 heteroatoms. The third kappa shape index (κ3) is 3.35. The molecule has 0 unspecified atom stereocenters. The second kappa shape index (κ2) is 5.89. The van der Waals surface area contributed by atoms with Crippen LogP contribution < -0.4 is 11.1 Å². The van der Waals surface area contributed by atoms with E-state index in [-0.39, 0.29) is 5.91 Å². The molecule has 3 N–H and O–H groups in total. The van der Waals surface area contributed by atoms with Gasteiger partial charge in [-0.2, -0.15) is 0 Å². The Labute approximate surface area is 121 Å². The number of hydrogen-bond acceptors (Lipinski definition) is 2. The Morgan fingerprint density at radius 2 is 2.05 bits per heavy atom. The van der Waals surface area contributed by atoms with E-state index < -0.39 is 0 Å². The van der Waals surface area contributed by atoms with Crippen molar-refractivity contribution in [2.45, 2.75) is 13.3 Å². The Hall–Kier alpha value is -1.81. The number of amides is 1. The predicted molar refractivity (Wildman–Crippen MR) is 82.3 cm³/mol. The minimum absolute atomic E-state index is 0.160. The first-order chi connectivity index (χ1) is 9.10. The molecule has 1 amide bonds. The van der Waals surface area contributed by atoms with Crippen molar-refractivity contribution < 1.29 is 4.79 Å². The fourth-order valence-electron chi connectivity index (χ4n) is 1.76. The molecule has 2 aromatic rings. The van der Waals surface area contributed by atoms with Crippen LogP contribution in [0.4, 0.5) is 11.4 Å². The molecule has 2 aromatic carbocycles. The van der Waals surface area contributed by atoms with Gasteiger partial charge in [-0.05, 0) is 58.2 Å². The number of carbonyl (C=O) groups excluding carboxylic acids is 1.